The molecule has 0 aromatic carbocycles. The molecule has 9 nitrogen and oxygen atoms in total. The summed E-state index contributed by atoms with van der Waals surface area (Å²) in [5, 5.41) is 21.7. The van der Waals surface area contributed by atoms with Crippen LogP contribution in [0.15, 0.2) is 0 Å². The summed E-state index contributed by atoms with van der Waals surface area (Å²) in [6.45, 7) is 8.50. The minimum Gasteiger partial charge on any atom is -0.457 e. The summed E-state index contributed by atoms with van der Waals surface area (Å²) in [7, 11) is 0. The van der Waals surface area contributed by atoms with E-state index in [9.17, 15) is 19.8 Å². The lowest BCUT2D eigenvalue weighted by Crippen LogP contribution is -2.39. The van der Waals surface area contributed by atoms with Gasteiger partial charge < -0.3 is 29.2 Å². The zero-order chi connectivity index (χ0) is 34.1. The third-order valence-electron chi connectivity index (χ3n) is 9.56. The fourth-order valence-corrected chi connectivity index (χ4v) is 6.80. The molecule has 0 amide bonds. The van der Waals surface area contributed by atoms with Crippen LogP contribution in [0.4, 0.5) is 0 Å². The molecular formula is C38H71NO8. The van der Waals surface area contributed by atoms with Gasteiger partial charge in [-0.25, -0.2) is 0 Å². The van der Waals surface area contributed by atoms with Crippen LogP contribution in [0.25, 0.3) is 0 Å². The number of hydrogen-bond donors (Lipinski definition) is 2. The number of ether oxygens (including phenoxy) is 4. The highest BCUT2D eigenvalue weighted by Crippen LogP contribution is 2.31. The molecule has 9 heteroatoms. The normalized spacial score (nSPS) is 22.0. The average Bonchev–Trinajstić information content (AvgIpc) is 3.62. The van der Waals surface area contributed by atoms with Crippen molar-refractivity contribution < 1.29 is 38.7 Å². The predicted molar refractivity (Wildman–Crippen MR) is 186 cm³/mol. The van der Waals surface area contributed by atoms with Gasteiger partial charge in [-0.2, -0.15) is 0 Å². The van der Waals surface area contributed by atoms with Crippen LogP contribution < -0.4 is 0 Å². The summed E-state index contributed by atoms with van der Waals surface area (Å²) in [6, 6.07) is 0. The van der Waals surface area contributed by atoms with Crippen LogP contribution in [0.5, 0.6) is 0 Å². The van der Waals surface area contributed by atoms with Crippen LogP contribution in [0.3, 0.4) is 0 Å². The lowest BCUT2D eigenvalue weighted by atomic mass is 10.0. The number of carbonyl (C=O) groups excluding carboxylic acids is 2. The molecule has 0 aliphatic carbocycles. The molecule has 2 aliphatic heterocycles. The molecule has 0 aromatic heterocycles. The van der Waals surface area contributed by atoms with E-state index in [0.717, 1.165) is 44.9 Å². The molecule has 0 aromatic rings. The second-order valence-electron chi connectivity index (χ2n) is 14.1. The van der Waals surface area contributed by atoms with Crippen molar-refractivity contribution in [2.45, 2.75) is 199 Å². The Labute approximate surface area is 286 Å². The van der Waals surface area contributed by atoms with E-state index < -0.39 is 36.6 Å². The summed E-state index contributed by atoms with van der Waals surface area (Å²) in [6.07, 6.45) is 20.5. The molecule has 0 spiro atoms. The summed E-state index contributed by atoms with van der Waals surface area (Å²) < 4.78 is 22.9. The van der Waals surface area contributed by atoms with E-state index in [1.165, 1.54) is 77.0 Å². The quantitative estimate of drug-likeness (QED) is 0.0602. The maximum Gasteiger partial charge on any atom is 0.306 e. The Morgan fingerprint density at radius 1 is 0.596 bits per heavy atom. The minimum absolute atomic E-state index is 0.227. The number of nitrogens with zero attached hydrogens (tertiary/aromatic N) is 1. The molecular weight excluding hydrogens is 598 g/mol. The lowest BCUT2D eigenvalue weighted by Gasteiger charge is -2.27. The van der Waals surface area contributed by atoms with Gasteiger partial charge in [0.2, 0.25) is 0 Å². The summed E-state index contributed by atoms with van der Waals surface area (Å²) >= 11 is 0. The van der Waals surface area contributed by atoms with E-state index in [4.69, 9.17) is 18.9 Å². The Morgan fingerprint density at radius 2 is 1.00 bits per heavy atom. The second kappa shape index (κ2) is 26.6. The van der Waals surface area contributed by atoms with Gasteiger partial charge in [0.05, 0.1) is 25.4 Å². The standard InChI is InChI=1S/C38H71NO8/c1-4-7-9-11-13-15-17-19-23-31(40)27-39(28-32(41)24-20-18-16-14-12-10-8-5-2)26-21-25-36(43)47-34-30-45-37-33(29-44-38(34)37)46-35(42)22-6-3/h31-34,37-38,40-41H,4-30H2,1-3H3/t31?,32?,33-,34-,37-,38-/m1/s1. The molecule has 2 aliphatic rings. The smallest absolute Gasteiger partial charge is 0.306 e. The van der Waals surface area contributed by atoms with Crippen LogP contribution >= 0.6 is 0 Å². The Balaban J connectivity index is 1.73. The summed E-state index contributed by atoms with van der Waals surface area (Å²) in [5.41, 5.74) is 0. The zero-order valence-electron chi connectivity index (χ0n) is 30.3. The van der Waals surface area contributed by atoms with Crippen LogP contribution in [0, 0.1) is 0 Å². The summed E-state index contributed by atoms with van der Waals surface area (Å²) in [5.74, 6) is -0.575. The number of hydrogen-bond acceptors (Lipinski definition) is 9. The van der Waals surface area contributed by atoms with E-state index >= 15 is 0 Å². The van der Waals surface area contributed by atoms with E-state index in [1.54, 1.807) is 0 Å². The fourth-order valence-electron chi connectivity index (χ4n) is 6.80. The average molecular weight is 670 g/mol. The Morgan fingerprint density at radius 3 is 1.43 bits per heavy atom. The van der Waals surface area contributed by atoms with Gasteiger partial charge in [0.1, 0.15) is 12.2 Å². The first-order valence-corrected chi connectivity index (χ1v) is 19.6. The van der Waals surface area contributed by atoms with E-state index in [2.05, 4.69) is 18.7 Å². The SMILES string of the molecule is CCCCCCCCCCC(O)CN(CCCC(=O)O[C@@H]1CO[C@H]2[C@@H]1OC[C@H]2OC(=O)CCC)CC(O)CCCCCCCCCC. The van der Waals surface area contributed by atoms with Crippen molar-refractivity contribution in [2.24, 2.45) is 0 Å². The van der Waals surface area contributed by atoms with Gasteiger partial charge in [-0.1, -0.05) is 124 Å². The van der Waals surface area contributed by atoms with Crippen LogP contribution in [0.2, 0.25) is 0 Å². The molecule has 2 heterocycles. The van der Waals surface area contributed by atoms with Crippen molar-refractivity contribution >= 4 is 11.9 Å². The van der Waals surface area contributed by atoms with Crippen molar-refractivity contribution in [1.82, 2.24) is 4.90 Å². The molecule has 2 saturated heterocycles. The van der Waals surface area contributed by atoms with Crippen molar-refractivity contribution in [3.8, 4) is 0 Å². The molecule has 2 rings (SSSR count). The third kappa shape index (κ3) is 18.9. The Bertz CT molecular complexity index is 770. The van der Waals surface area contributed by atoms with Crippen molar-refractivity contribution in [3.05, 3.63) is 0 Å². The van der Waals surface area contributed by atoms with Crippen molar-refractivity contribution in [3.63, 3.8) is 0 Å². The first kappa shape index (κ1) is 41.9. The van der Waals surface area contributed by atoms with Crippen LogP contribution in [0.1, 0.15) is 162 Å². The highest BCUT2D eigenvalue weighted by molar-refractivity contribution is 5.70. The third-order valence-corrected chi connectivity index (χ3v) is 9.56. The molecule has 0 radical (unpaired) electrons. The number of carbonyl (C=O) groups is 2. The van der Waals surface area contributed by atoms with Crippen molar-refractivity contribution in [1.29, 1.82) is 0 Å². The number of aliphatic hydroxyl groups excluding tert-OH is 2. The fraction of sp³-hybridized carbons (Fsp3) is 0.947. The van der Waals surface area contributed by atoms with Gasteiger partial charge in [-0.05, 0) is 32.2 Å². The number of aliphatic hydroxyl groups is 2. The lowest BCUT2D eigenvalue weighted by molar-refractivity contribution is -0.155. The summed E-state index contributed by atoms with van der Waals surface area (Å²) in [4.78, 5) is 26.9. The largest absolute Gasteiger partial charge is 0.457 e. The predicted octanol–water partition coefficient (Wildman–Crippen LogP) is 7.27. The molecule has 0 saturated carbocycles. The van der Waals surface area contributed by atoms with Gasteiger partial charge in [0.25, 0.3) is 0 Å². The highest BCUT2D eigenvalue weighted by atomic mass is 16.7. The van der Waals surface area contributed by atoms with E-state index in [1.807, 2.05) is 6.92 Å². The molecule has 2 fully saturated rings. The maximum atomic E-state index is 12.8. The number of esters is 2. The van der Waals surface area contributed by atoms with Crippen molar-refractivity contribution in [2.75, 3.05) is 32.8 Å². The Hall–Kier alpha value is -1.26. The first-order valence-electron chi connectivity index (χ1n) is 19.6. The van der Waals surface area contributed by atoms with Crippen LogP contribution in [-0.4, -0.2) is 96.5 Å². The maximum absolute atomic E-state index is 12.8. The van der Waals surface area contributed by atoms with E-state index in [0.29, 0.717) is 32.5 Å². The highest BCUT2D eigenvalue weighted by Gasteiger charge is 2.51. The number of rotatable bonds is 30. The van der Waals surface area contributed by atoms with Gasteiger partial charge in [0, 0.05) is 25.9 Å². The molecule has 47 heavy (non-hydrogen) atoms. The van der Waals surface area contributed by atoms with Crippen LogP contribution in [-0.2, 0) is 28.5 Å². The van der Waals surface area contributed by atoms with Gasteiger partial charge in [-0.15, -0.1) is 0 Å². The molecule has 6 atom stereocenters. The van der Waals surface area contributed by atoms with Gasteiger partial charge in [0.15, 0.2) is 12.2 Å². The van der Waals surface area contributed by atoms with Gasteiger partial charge in [-0.3, -0.25) is 14.5 Å². The monoisotopic (exact) mass is 670 g/mol. The number of unbranched alkanes of at least 4 members (excludes halogenated alkanes) is 14. The minimum atomic E-state index is -0.514. The Kier molecular flexibility index (Phi) is 23.7. The topological polar surface area (TPSA) is 115 Å². The number of fused-ring (bicyclic) bond motifs is 1. The second-order valence-corrected chi connectivity index (χ2v) is 14.1. The first-order chi connectivity index (χ1) is 22.9. The molecule has 276 valence electrons. The van der Waals surface area contributed by atoms with E-state index in [-0.39, 0.29) is 31.6 Å². The van der Waals surface area contributed by atoms with Gasteiger partial charge >= 0.3 is 11.9 Å². The molecule has 0 bridgehead atoms. The molecule has 2 unspecified atom stereocenters. The molecule has 2 N–H and O–H groups in total. The zero-order valence-corrected chi connectivity index (χ0v) is 30.3.